The van der Waals surface area contributed by atoms with Gasteiger partial charge in [-0.1, -0.05) is 0 Å². The molecule has 1 aliphatic heterocycles. The molecule has 1 aromatic heterocycles. The Morgan fingerprint density at radius 3 is 2.10 bits per heavy atom. The van der Waals surface area contributed by atoms with Gasteiger partial charge in [-0.2, -0.15) is 18.4 Å². The van der Waals surface area contributed by atoms with E-state index in [9.17, 15) is 13.2 Å². The molecule has 0 aromatic carbocycles. The maximum atomic E-state index is 12.9. The minimum Gasteiger partial charge on any atom is -0.398 e. The fourth-order valence-electron chi connectivity index (χ4n) is 1.86. The van der Waals surface area contributed by atoms with Crippen molar-refractivity contribution in [3.63, 3.8) is 0 Å². The van der Waals surface area contributed by atoms with Crippen molar-refractivity contribution in [3.05, 3.63) is 23.4 Å². The third-order valence-corrected chi connectivity index (χ3v) is 3.78. The molecule has 0 spiro atoms. The van der Waals surface area contributed by atoms with Crippen LogP contribution in [0, 0.1) is 11.3 Å². The molecule has 2 rings (SSSR count). The molecule has 1 aromatic rings. The summed E-state index contributed by atoms with van der Waals surface area (Å²) in [7, 11) is -1.04. The molecule has 21 heavy (non-hydrogen) atoms. The second-order valence-electron chi connectivity index (χ2n) is 5.86. The summed E-state index contributed by atoms with van der Waals surface area (Å²) in [5, 5.41) is 8.84. The highest BCUT2D eigenvalue weighted by molar-refractivity contribution is 6.61. The summed E-state index contributed by atoms with van der Waals surface area (Å²) in [5.41, 5.74) is -2.71. The van der Waals surface area contributed by atoms with Gasteiger partial charge in [0, 0.05) is 0 Å². The normalized spacial score (nSPS) is 20.4. The van der Waals surface area contributed by atoms with Crippen LogP contribution in [0.25, 0.3) is 0 Å². The van der Waals surface area contributed by atoms with E-state index in [-0.39, 0.29) is 11.3 Å². The van der Waals surface area contributed by atoms with Gasteiger partial charge in [0.2, 0.25) is 0 Å². The lowest BCUT2D eigenvalue weighted by molar-refractivity contribution is -0.137. The predicted octanol–water partition coefficient (Wildman–Crippen LogP) is 2.27. The Morgan fingerprint density at radius 1 is 1.14 bits per heavy atom. The standard InChI is InChI=1S/C13H14BF3N2O2/c1-11(2)12(3,4)21-14(20-11)10-6-8(13(15,16)17)5-9(7-18)19-10/h5-6H,1-4H3. The van der Waals surface area contributed by atoms with Crippen molar-refractivity contribution in [2.45, 2.75) is 45.1 Å². The number of nitriles is 1. The number of nitrogens with zero attached hydrogens (tertiary/aromatic N) is 2. The number of alkyl halides is 3. The van der Waals surface area contributed by atoms with Crippen molar-refractivity contribution in [3.8, 4) is 6.07 Å². The first-order chi connectivity index (χ1) is 9.46. The summed E-state index contributed by atoms with van der Waals surface area (Å²) in [6, 6.07) is 3.18. The van der Waals surface area contributed by atoms with E-state index in [1.165, 1.54) is 0 Å². The zero-order chi connectivity index (χ0) is 16.1. The number of aromatic nitrogens is 1. The van der Waals surface area contributed by atoms with Crippen molar-refractivity contribution in [1.29, 1.82) is 5.26 Å². The fraction of sp³-hybridized carbons (Fsp3) is 0.538. The monoisotopic (exact) mass is 298 g/mol. The Morgan fingerprint density at radius 2 is 1.67 bits per heavy atom. The molecule has 1 saturated heterocycles. The van der Waals surface area contributed by atoms with Crippen LogP contribution in [0.15, 0.2) is 12.1 Å². The number of hydrogen-bond donors (Lipinski definition) is 0. The third kappa shape index (κ3) is 2.89. The molecule has 0 atom stereocenters. The average molecular weight is 298 g/mol. The maximum Gasteiger partial charge on any atom is 0.514 e. The van der Waals surface area contributed by atoms with E-state index in [2.05, 4.69) is 4.98 Å². The first kappa shape index (κ1) is 15.8. The molecular formula is C13H14BF3N2O2. The van der Waals surface area contributed by atoms with Crippen LogP contribution >= 0.6 is 0 Å². The highest BCUT2D eigenvalue weighted by Gasteiger charge is 2.52. The van der Waals surface area contributed by atoms with Crippen LogP contribution in [0.5, 0.6) is 0 Å². The third-order valence-electron chi connectivity index (χ3n) is 3.78. The van der Waals surface area contributed by atoms with Gasteiger partial charge in [-0.25, -0.2) is 4.98 Å². The topological polar surface area (TPSA) is 55.1 Å². The Balaban J connectivity index is 2.45. The van der Waals surface area contributed by atoms with Gasteiger partial charge in [-0.05, 0) is 39.8 Å². The summed E-state index contributed by atoms with van der Waals surface area (Å²) in [5.74, 6) is 0. The van der Waals surface area contributed by atoms with Crippen molar-refractivity contribution < 1.29 is 22.5 Å². The van der Waals surface area contributed by atoms with Gasteiger partial charge in [0.1, 0.15) is 11.8 Å². The van der Waals surface area contributed by atoms with E-state index in [0.29, 0.717) is 6.07 Å². The molecule has 0 radical (unpaired) electrons. The molecule has 1 fully saturated rings. The second-order valence-corrected chi connectivity index (χ2v) is 5.86. The quantitative estimate of drug-likeness (QED) is 0.746. The molecule has 0 aliphatic carbocycles. The Hall–Kier alpha value is -1.59. The van der Waals surface area contributed by atoms with Crippen LogP contribution in [-0.4, -0.2) is 23.3 Å². The summed E-state index contributed by atoms with van der Waals surface area (Å²) in [6.45, 7) is 7.13. The molecule has 0 saturated carbocycles. The Bertz CT molecular complexity index is 592. The van der Waals surface area contributed by atoms with Gasteiger partial charge < -0.3 is 9.31 Å². The minimum absolute atomic E-state index is 0.0555. The molecule has 112 valence electrons. The molecule has 0 amide bonds. The molecule has 0 N–H and O–H groups in total. The Kier molecular flexibility index (Phi) is 3.55. The molecular weight excluding hydrogens is 284 g/mol. The molecule has 0 unspecified atom stereocenters. The van der Waals surface area contributed by atoms with E-state index in [4.69, 9.17) is 14.6 Å². The average Bonchev–Trinajstić information content (AvgIpc) is 2.57. The molecule has 2 heterocycles. The number of halogens is 3. The van der Waals surface area contributed by atoms with Gasteiger partial charge in [-0.3, -0.25) is 0 Å². The fourth-order valence-corrected chi connectivity index (χ4v) is 1.86. The van der Waals surface area contributed by atoms with Crippen molar-refractivity contribution >= 4 is 12.7 Å². The Labute approximate surface area is 121 Å². The number of hydrogen-bond acceptors (Lipinski definition) is 4. The van der Waals surface area contributed by atoms with Crippen LogP contribution in [0.3, 0.4) is 0 Å². The SMILES string of the molecule is CC1(C)OB(c2cc(C(F)(F)F)cc(C#N)n2)OC1(C)C. The van der Waals surface area contributed by atoms with Gasteiger partial charge in [0.05, 0.1) is 22.4 Å². The lowest BCUT2D eigenvalue weighted by Crippen LogP contribution is -2.41. The van der Waals surface area contributed by atoms with Crippen LogP contribution in [0.2, 0.25) is 0 Å². The zero-order valence-electron chi connectivity index (χ0n) is 12.1. The highest BCUT2D eigenvalue weighted by Crippen LogP contribution is 2.37. The lowest BCUT2D eigenvalue weighted by atomic mass is 9.83. The molecule has 8 heteroatoms. The van der Waals surface area contributed by atoms with E-state index >= 15 is 0 Å². The van der Waals surface area contributed by atoms with Gasteiger partial charge >= 0.3 is 13.3 Å². The summed E-state index contributed by atoms with van der Waals surface area (Å²) in [4.78, 5) is 3.87. The van der Waals surface area contributed by atoms with Crippen LogP contribution in [-0.2, 0) is 15.5 Å². The summed E-state index contributed by atoms with van der Waals surface area (Å²) >= 11 is 0. The van der Waals surface area contributed by atoms with Gasteiger partial charge in [0.25, 0.3) is 0 Å². The first-order valence-corrected chi connectivity index (χ1v) is 6.31. The van der Waals surface area contributed by atoms with E-state index < -0.39 is 30.1 Å². The zero-order valence-corrected chi connectivity index (χ0v) is 12.1. The van der Waals surface area contributed by atoms with E-state index in [1.54, 1.807) is 33.8 Å². The van der Waals surface area contributed by atoms with Crippen LogP contribution in [0.1, 0.15) is 39.0 Å². The predicted molar refractivity (Wildman–Crippen MR) is 69.7 cm³/mol. The van der Waals surface area contributed by atoms with Crippen molar-refractivity contribution in [2.24, 2.45) is 0 Å². The second kappa shape index (κ2) is 4.72. The van der Waals surface area contributed by atoms with Crippen LogP contribution in [0.4, 0.5) is 13.2 Å². The molecule has 1 aliphatic rings. The van der Waals surface area contributed by atoms with Crippen molar-refractivity contribution in [1.82, 2.24) is 4.98 Å². The molecule has 0 bridgehead atoms. The van der Waals surface area contributed by atoms with Crippen molar-refractivity contribution in [2.75, 3.05) is 0 Å². The minimum atomic E-state index is -4.56. The molecule has 4 nitrogen and oxygen atoms in total. The first-order valence-electron chi connectivity index (χ1n) is 6.31. The largest absolute Gasteiger partial charge is 0.514 e. The van der Waals surface area contributed by atoms with Crippen LogP contribution < -0.4 is 5.59 Å². The van der Waals surface area contributed by atoms with Gasteiger partial charge in [0.15, 0.2) is 0 Å². The smallest absolute Gasteiger partial charge is 0.398 e. The summed E-state index contributed by atoms with van der Waals surface area (Å²) in [6.07, 6.45) is -4.56. The lowest BCUT2D eigenvalue weighted by Gasteiger charge is -2.32. The number of rotatable bonds is 1. The van der Waals surface area contributed by atoms with E-state index in [1.807, 2.05) is 0 Å². The van der Waals surface area contributed by atoms with Gasteiger partial charge in [-0.15, -0.1) is 0 Å². The highest BCUT2D eigenvalue weighted by atomic mass is 19.4. The summed E-state index contributed by atoms with van der Waals surface area (Å²) < 4.78 is 49.9. The maximum absolute atomic E-state index is 12.9. The van der Waals surface area contributed by atoms with E-state index in [0.717, 1.165) is 6.07 Å². The number of pyridine rings is 1.